The zero-order valence-corrected chi connectivity index (χ0v) is 12.8. The molecule has 0 aliphatic carbocycles. The Balaban J connectivity index is 5.05. The summed E-state index contributed by atoms with van der Waals surface area (Å²) in [6.45, 7) is 4.96. The van der Waals surface area contributed by atoms with Gasteiger partial charge >= 0.3 is 11.9 Å². The molecule has 0 aromatic carbocycles. The van der Waals surface area contributed by atoms with Crippen LogP contribution in [0.4, 0.5) is 0 Å². The topological polar surface area (TPSA) is 159 Å². The van der Waals surface area contributed by atoms with Crippen LogP contribution < -0.4 is 16.4 Å². The van der Waals surface area contributed by atoms with Gasteiger partial charge in [0.1, 0.15) is 12.1 Å². The summed E-state index contributed by atoms with van der Waals surface area (Å²) in [5, 5.41) is 22.2. The molecule has 0 saturated heterocycles. The van der Waals surface area contributed by atoms with E-state index in [-0.39, 0.29) is 5.92 Å². The van der Waals surface area contributed by atoms with Gasteiger partial charge in [-0.15, -0.1) is 0 Å². The summed E-state index contributed by atoms with van der Waals surface area (Å²) >= 11 is 0. The Hall–Kier alpha value is -2.16. The lowest BCUT2D eigenvalue weighted by molar-refractivity contribution is -0.147. The molecule has 0 radical (unpaired) electrons. The van der Waals surface area contributed by atoms with Gasteiger partial charge in [-0.25, -0.2) is 4.79 Å². The third kappa shape index (κ3) is 6.53. The molecule has 0 bridgehead atoms. The van der Waals surface area contributed by atoms with Gasteiger partial charge in [-0.1, -0.05) is 20.3 Å². The number of rotatable bonds is 9. The van der Waals surface area contributed by atoms with E-state index in [1.165, 1.54) is 6.92 Å². The van der Waals surface area contributed by atoms with Crippen molar-refractivity contribution in [2.45, 2.75) is 51.7 Å². The van der Waals surface area contributed by atoms with Gasteiger partial charge in [0.2, 0.25) is 11.8 Å². The minimum Gasteiger partial charge on any atom is -0.481 e. The Morgan fingerprint density at radius 2 is 1.59 bits per heavy atom. The highest BCUT2D eigenvalue weighted by molar-refractivity contribution is 5.92. The zero-order valence-electron chi connectivity index (χ0n) is 12.8. The van der Waals surface area contributed by atoms with Crippen molar-refractivity contribution in [3.8, 4) is 0 Å². The van der Waals surface area contributed by atoms with E-state index in [9.17, 15) is 19.2 Å². The molecular formula is C13H23N3O6. The van der Waals surface area contributed by atoms with Crippen molar-refractivity contribution in [1.29, 1.82) is 0 Å². The average molecular weight is 317 g/mol. The average Bonchev–Trinajstić information content (AvgIpc) is 2.41. The summed E-state index contributed by atoms with van der Waals surface area (Å²) in [6.07, 6.45) is -0.205. The summed E-state index contributed by atoms with van der Waals surface area (Å²) in [5.41, 5.74) is 5.43. The number of nitrogens with one attached hydrogen (secondary N) is 2. The van der Waals surface area contributed by atoms with Gasteiger partial charge < -0.3 is 26.6 Å². The normalized spacial score (nSPS) is 16.0. The van der Waals surface area contributed by atoms with E-state index in [1.807, 2.05) is 0 Å². The molecule has 22 heavy (non-hydrogen) atoms. The van der Waals surface area contributed by atoms with Crippen LogP contribution in [0.25, 0.3) is 0 Å². The Labute approximate surface area is 128 Å². The standard InChI is InChI=1S/C13H23N3O6/c1-4-6(2)10(16-11(19)7(3)14)12(20)15-8(13(21)22)5-9(17)18/h6-8,10H,4-5,14H2,1-3H3,(H,15,20)(H,16,19)(H,17,18)(H,21,22)/t6-,7-,8-,10-/m0/s1. The number of carboxylic acids is 2. The predicted octanol–water partition coefficient (Wildman–Crippen LogP) is -1.09. The van der Waals surface area contributed by atoms with Crippen LogP contribution in [0.3, 0.4) is 0 Å². The van der Waals surface area contributed by atoms with E-state index >= 15 is 0 Å². The molecule has 0 heterocycles. The van der Waals surface area contributed by atoms with E-state index in [4.69, 9.17) is 15.9 Å². The molecular weight excluding hydrogens is 294 g/mol. The maximum Gasteiger partial charge on any atom is 0.326 e. The third-order valence-electron chi connectivity index (χ3n) is 3.20. The Kier molecular flexibility index (Phi) is 8.10. The third-order valence-corrected chi connectivity index (χ3v) is 3.20. The number of carbonyl (C=O) groups excluding carboxylic acids is 2. The first kappa shape index (κ1) is 19.8. The summed E-state index contributed by atoms with van der Waals surface area (Å²) in [7, 11) is 0. The van der Waals surface area contributed by atoms with Crippen LogP contribution in [-0.2, 0) is 19.2 Å². The van der Waals surface area contributed by atoms with Crippen LogP contribution in [-0.4, -0.2) is 52.1 Å². The predicted molar refractivity (Wildman–Crippen MR) is 76.9 cm³/mol. The Morgan fingerprint density at radius 3 is 1.95 bits per heavy atom. The SMILES string of the molecule is CC[C@H](C)[C@H](NC(=O)[C@H](C)N)C(=O)N[C@@H](CC(=O)O)C(=O)O. The molecule has 2 amide bonds. The molecule has 4 atom stereocenters. The van der Waals surface area contributed by atoms with Gasteiger partial charge in [0.15, 0.2) is 0 Å². The van der Waals surface area contributed by atoms with E-state index in [1.54, 1.807) is 13.8 Å². The molecule has 0 fully saturated rings. The summed E-state index contributed by atoms with van der Waals surface area (Å²) in [4.78, 5) is 45.4. The quantitative estimate of drug-likeness (QED) is 0.361. The van der Waals surface area contributed by atoms with Gasteiger partial charge in [-0.3, -0.25) is 14.4 Å². The van der Waals surface area contributed by atoms with Gasteiger partial charge in [0, 0.05) is 0 Å². The number of hydrogen-bond donors (Lipinski definition) is 5. The maximum absolute atomic E-state index is 12.2. The fourth-order valence-corrected chi connectivity index (χ4v) is 1.62. The highest BCUT2D eigenvalue weighted by Gasteiger charge is 2.31. The highest BCUT2D eigenvalue weighted by atomic mass is 16.4. The van der Waals surface area contributed by atoms with Crippen molar-refractivity contribution < 1.29 is 29.4 Å². The number of nitrogens with two attached hydrogens (primary N) is 1. The van der Waals surface area contributed by atoms with Crippen molar-refractivity contribution >= 4 is 23.8 Å². The van der Waals surface area contributed by atoms with Crippen LogP contribution in [0.2, 0.25) is 0 Å². The minimum atomic E-state index is -1.57. The van der Waals surface area contributed by atoms with Crippen molar-refractivity contribution in [3.05, 3.63) is 0 Å². The summed E-state index contributed by atoms with van der Waals surface area (Å²) < 4.78 is 0. The van der Waals surface area contributed by atoms with Crippen molar-refractivity contribution in [1.82, 2.24) is 10.6 Å². The molecule has 0 aromatic heterocycles. The van der Waals surface area contributed by atoms with Gasteiger partial charge in [0.05, 0.1) is 12.5 Å². The molecule has 0 saturated carbocycles. The molecule has 6 N–H and O–H groups in total. The maximum atomic E-state index is 12.2. The lowest BCUT2D eigenvalue weighted by Crippen LogP contribution is -2.56. The summed E-state index contributed by atoms with van der Waals surface area (Å²) in [6, 6.07) is -3.38. The lowest BCUT2D eigenvalue weighted by atomic mass is 9.97. The van der Waals surface area contributed by atoms with Crippen LogP contribution in [0, 0.1) is 5.92 Å². The fraction of sp³-hybridized carbons (Fsp3) is 0.692. The van der Waals surface area contributed by atoms with Crippen LogP contribution in [0.5, 0.6) is 0 Å². The molecule has 0 rings (SSSR count). The van der Waals surface area contributed by atoms with Gasteiger partial charge in [0.25, 0.3) is 0 Å². The second kappa shape index (κ2) is 8.98. The molecule has 0 spiro atoms. The summed E-state index contributed by atoms with van der Waals surface area (Å²) in [5.74, 6) is -4.39. The van der Waals surface area contributed by atoms with E-state index in [0.717, 1.165) is 0 Å². The molecule has 0 aliphatic rings. The van der Waals surface area contributed by atoms with Gasteiger partial charge in [-0.05, 0) is 12.8 Å². The van der Waals surface area contributed by atoms with Crippen LogP contribution >= 0.6 is 0 Å². The second-order valence-electron chi connectivity index (χ2n) is 5.16. The monoisotopic (exact) mass is 317 g/mol. The van der Waals surface area contributed by atoms with E-state index < -0.39 is 48.3 Å². The number of amides is 2. The zero-order chi connectivity index (χ0) is 17.4. The fourth-order valence-electron chi connectivity index (χ4n) is 1.62. The first-order chi connectivity index (χ1) is 10.1. The van der Waals surface area contributed by atoms with Crippen LogP contribution in [0.1, 0.15) is 33.6 Å². The molecule has 0 unspecified atom stereocenters. The van der Waals surface area contributed by atoms with Crippen LogP contribution in [0.15, 0.2) is 0 Å². The largest absolute Gasteiger partial charge is 0.481 e. The highest BCUT2D eigenvalue weighted by Crippen LogP contribution is 2.09. The molecule has 9 heteroatoms. The van der Waals surface area contributed by atoms with Crippen molar-refractivity contribution in [3.63, 3.8) is 0 Å². The molecule has 9 nitrogen and oxygen atoms in total. The molecule has 0 aromatic rings. The van der Waals surface area contributed by atoms with Gasteiger partial charge in [-0.2, -0.15) is 0 Å². The smallest absolute Gasteiger partial charge is 0.326 e. The Morgan fingerprint density at radius 1 is 1.05 bits per heavy atom. The van der Waals surface area contributed by atoms with E-state index in [0.29, 0.717) is 6.42 Å². The lowest BCUT2D eigenvalue weighted by Gasteiger charge is -2.25. The first-order valence-corrected chi connectivity index (χ1v) is 6.91. The first-order valence-electron chi connectivity index (χ1n) is 6.91. The second-order valence-corrected chi connectivity index (χ2v) is 5.16. The molecule has 126 valence electrons. The van der Waals surface area contributed by atoms with Crippen molar-refractivity contribution in [2.75, 3.05) is 0 Å². The number of aliphatic carboxylic acids is 2. The van der Waals surface area contributed by atoms with Crippen molar-refractivity contribution in [2.24, 2.45) is 11.7 Å². The molecule has 0 aliphatic heterocycles. The number of carboxylic acid groups (broad SMARTS) is 2. The Bertz CT molecular complexity index is 437. The van der Waals surface area contributed by atoms with E-state index in [2.05, 4.69) is 10.6 Å². The number of carbonyl (C=O) groups is 4. The number of hydrogen-bond acceptors (Lipinski definition) is 5. The minimum absolute atomic E-state index is 0.276.